The first-order valence-corrected chi connectivity index (χ1v) is 28.2. The van der Waals surface area contributed by atoms with Crippen molar-refractivity contribution in [2.24, 2.45) is 5.73 Å². The van der Waals surface area contributed by atoms with Crippen molar-refractivity contribution in [1.82, 2.24) is 57.8 Å². The van der Waals surface area contributed by atoms with Crippen molar-refractivity contribution >= 4 is 65.0 Å². The first kappa shape index (κ1) is 70.0. The zero-order valence-electron chi connectivity index (χ0n) is 48.4. The summed E-state index contributed by atoms with van der Waals surface area (Å²) in [6, 6.07) is -5.52. The lowest BCUT2D eigenvalue weighted by atomic mass is 10.0. The highest BCUT2D eigenvalue weighted by molar-refractivity contribution is 6.03. The van der Waals surface area contributed by atoms with E-state index < -0.39 is 169 Å². The van der Waals surface area contributed by atoms with Crippen molar-refractivity contribution in [3.05, 3.63) is 71.6 Å². The Balaban J connectivity index is 2.11. The van der Waals surface area contributed by atoms with Crippen LogP contribution in [0.1, 0.15) is 136 Å². The van der Waals surface area contributed by atoms with Crippen LogP contribution < -0.4 is 53.6 Å². The number of phenolic OH excluding ortho intramolecular Hbond substituents is 1. The number of hydrogen-bond acceptors (Lipinski definition) is 17. The van der Waals surface area contributed by atoms with Gasteiger partial charge in [0.15, 0.2) is 0 Å². The van der Waals surface area contributed by atoms with Gasteiger partial charge in [0, 0.05) is 31.2 Å². The Morgan fingerprint density at radius 1 is 0.762 bits per heavy atom. The Kier molecular flexibility index (Phi) is 30.3. The normalized spacial score (nSPS) is 22.8. The predicted molar refractivity (Wildman–Crippen MR) is 302 cm³/mol. The topological polar surface area (TPSA) is 441 Å². The summed E-state index contributed by atoms with van der Waals surface area (Å²) in [5.41, 5.74) is 5.05. The van der Waals surface area contributed by atoms with E-state index in [9.17, 15) is 73.2 Å². The van der Waals surface area contributed by atoms with Gasteiger partial charge in [-0.2, -0.15) is 0 Å². The van der Waals surface area contributed by atoms with Gasteiger partial charge in [-0.15, -0.1) is 0 Å². The number of imidazole rings is 1. The molecule has 0 radical (unpaired) electrons. The van der Waals surface area contributed by atoms with E-state index in [-0.39, 0.29) is 17.9 Å². The summed E-state index contributed by atoms with van der Waals surface area (Å²) in [4.78, 5) is 158. The molecule has 1 aliphatic rings. The second-order valence-electron chi connectivity index (χ2n) is 20.5. The molecule has 1 fully saturated rings. The number of unbranched alkanes of at least 4 members (excludes halogenated alkanes) is 8. The van der Waals surface area contributed by atoms with Crippen molar-refractivity contribution in [3.8, 4) is 5.75 Å². The number of ether oxygens (including phenoxy) is 1. The van der Waals surface area contributed by atoms with Crippen LogP contribution in [-0.2, 0) is 70.3 Å². The van der Waals surface area contributed by atoms with Crippen LogP contribution in [0.15, 0.2) is 60.3 Å². The molecule has 16 N–H and O–H groups in total. The molecule has 84 heavy (non-hydrogen) atoms. The van der Waals surface area contributed by atoms with Crippen LogP contribution in [0, 0.1) is 0 Å². The maximum absolute atomic E-state index is 14.6. The summed E-state index contributed by atoms with van der Waals surface area (Å²) in [6.07, 6.45) is 6.19. The number of phenols is 1. The number of nitrogens with one attached hydrogen (secondary N) is 10. The van der Waals surface area contributed by atoms with E-state index in [1.54, 1.807) is 0 Å². The smallest absolute Gasteiger partial charge is 0.329 e. The number of aliphatic hydroxyl groups excluding tert-OH is 3. The van der Waals surface area contributed by atoms with Gasteiger partial charge in [-0.05, 0) is 65.2 Å². The summed E-state index contributed by atoms with van der Waals surface area (Å²) >= 11 is 0. The summed E-state index contributed by atoms with van der Waals surface area (Å²) in [5, 5.41) is 63.8. The van der Waals surface area contributed by atoms with Crippen LogP contribution in [-0.4, -0.2) is 163 Å². The van der Waals surface area contributed by atoms with Gasteiger partial charge in [0.05, 0.1) is 37.6 Å². The maximum Gasteiger partial charge on any atom is 0.329 e. The molecule has 0 aliphatic carbocycles. The van der Waals surface area contributed by atoms with Gasteiger partial charge >= 0.3 is 5.97 Å². The minimum Gasteiger partial charge on any atom is -0.508 e. The predicted octanol–water partition coefficient (Wildman–Crippen LogP) is -1.39. The molecule has 3 rings (SSSR count). The van der Waals surface area contributed by atoms with Crippen molar-refractivity contribution in [2.45, 2.75) is 199 Å². The number of esters is 1. The molecule has 10 amide bonds. The number of cyclic esters (lactones) is 1. The third-order valence-corrected chi connectivity index (χ3v) is 13.5. The molecule has 28 heteroatoms. The minimum atomic E-state index is -2.03. The van der Waals surface area contributed by atoms with Crippen LogP contribution in [0.4, 0.5) is 0 Å². The second kappa shape index (κ2) is 36.4. The van der Waals surface area contributed by atoms with E-state index in [1.807, 2.05) is 0 Å². The molecule has 0 saturated carbocycles. The monoisotopic (exact) mass is 1180 g/mol. The Morgan fingerprint density at radius 2 is 1.36 bits per heavy atom. The quantitative estimate of drug-likeness (QED) is 0.0327. The molecule has 1 saturated heterocycles. The highest BCUT2D eigenvalue weighted by Crippen LogP contribution is 2.16. The minimum absolute atomic E-state index is 0.159. The molecule has 0 spiro atoms. The lowest BCUT2D eigenvalue weighted by Gasteiger charge is -2.30. The molecular formula is C56H84N12O16. The molecule has 10 atom stereocenters. The van der Waals surface area contributed by atoms with Gasteiger partial charge in [-0.1, -0.05) is 89.0 Å². The number of amides is 10. The van der Waals surface area contributed by atoms with E-state index in [4.69, 9.17) is 10.5 Å². The molecule has 28 nitrogen and oxygen atoms in total. The number of benzene rings is 1. The fourth-order valence-corrected chi connectivity index (χ4v) is 8.67. The van der Waals surface area contributed by atoms with Gasteiger partial charge in [0.2, 0.25) is 47.3 Å². The number of aliphatic hydroxyl groups is 3. The Hall–Kier alpha value is -8.24. The number of nitrogens with zero attached hydrogens (tertiary/aromatic N) is 1. The number of allylic oxidation sites excluding steroid dienone is 2. The van der Waals surface area contributed by atoms with Gasteiger partial charge in [-0.25, -0.2) is 9.78 Å². The third-order valence-electron chi connectivity index (χ3n) is 13.5. The number of primary amides is 1. The molecule has 464 valence electrons. The number of H-pyrrole nitrogens is 1. The molecule has 1 aromatic heterocycles. The van der Waals surface area contributed by atoms with E-state index in [0.717, 1.165) is 65.4 Å². The van der Waals surface area contributed by atoms with Gasteiger partial charge < -0.3 is 83.7 Å². The maximum atomic E-state index is 14.6. The average molecular weight is 1180 g/mol. The van der Waals surface area contributed by atoms with Crippen LogP contribution >= 0.6 is 0 Å². The van der Waals surface area contributed by atoms with Crippen molar-refractivity contribution in [1.29, 1.82) is 0 Å². The molecular weight excluding hydrogens is 1100 g/mol. The van der Waals surface area contributed by atoms with Crippen LogP contribution in [0.3, 0.4) is 0 Å². The van der Waals surface area contributed by atoms with Crippen LogP contribution in [0.2, 0.25) is 0 Å². The average Bonchev–Trinajstić information content (AvgIpc) is 4.03. The number of carbonyl (C=O) groups excluding carboxylic acids is 11. The van der Waals surface area contributed by atoms with Gasteiger partial charge in [0.1, 0.15) is 59.5 Å². The summed E-state index contributed by atoms with van der Waals surface area (Å²) < 4.78 is 5.76. The summed E-state index contributed by atoms with van der Waals surface area (Å²) in [7, 11) is 0. The largest absolute Gasteiger partial charge is 0.508 e. The van der Waals surface area contributed by atoms with Gasteiger partial charge in [-0.3, -0.25) is 47.9 Å². The summed E-state index contributed by atoms with van der Waals surface area (Å²) in [6.45, 7) is 7.40. The third kappa shape index (κ3) is 24.7. The fraction of sp³-hybridized carbons (Fsp3) is 0.571. The zero-order valence-corrected chi connectivity index (χ0v) is 48.4. The van der Waals surface area contributed by atoms with Crippen molar-refractivity contribution in [3.63, 3.8) is 0 Å². The molecule has 2 heterocycles. The lowest BCUT2D eigenvalue weighted by Crippen LogP contribution is -2.63. The van der Waals surface area contributed by atoms with E-state index in [1.165, 1.54) is 69.6 Å². The highest BCUT2D eigenvalue weighted by atomic mass is 16.5. The summed E-state index contributed by atoms with van der Waals surface area (Å²) in [5.74, 6) is -12.2. The van der Waals surface area contributed by atoms with Crippen LogP contribution in [0.5, 0.6) is 5.75 Å². The standard InChI is InChI=1S/C56H84N12O16/c1-7-10-11-12-13-14-15-16-17-18-37(72)27-44(74)61-38(8-2)51(78)68-48-33(6)84-56(83)42(26-35-28-58-30-60-35)65-54(81)46(31(4)69)66-50(77)39(9-3)62-45(75)29-59-49(76)40(23-24-43(57)73)63-52(79)41(25-34-19-21-36(71)22-20-34)64-53(80)47(32(5)70)67-55(48)82/h8-9,19-22,28,30-33,37,40-42,46-48,69-72H,7,10-18,23-27,29H2,1-6H3,(H2,57,73)(H,58,60)(H,59,76)(H,61,74)(H,62,75)(H,63,79)(H,64,80)(H,65,81)(H,66,77)(H,67,82)(H,68,78)/b38-8+,39-9-/t31-,32+,33+,37+,40?,41+,42-,46?,47?,48?/m0/s1. The van der Waals surface area contributed by atoms with Crippen molar-refractivity contribution in [2.75, 3.05) is 6.54 Å². The number of nitrogens with two attached hydrogens (primary N) is 1. The Morgan fingerprint density at radius 3 is 1.93 bits per heavy atom. The lowest BCUT2D eigenvalue weighted by molar-refractivity contribution is -0.156. The van der Waals surface area contributed by atoms with Gasteiger partial charge in [0.25, 0.3) is 11.8 Å². The Bertz CT molecular complexity index is 2610. The number of aromatic nitrogens is 2. The first-order valence-electron chi connectivity index (χ1n) is 28.2. The number of hydrogen-bond donors (Lipinski definition) is 15. The molecule has 4 unspecified atom stereocenters. The molecule has 1 aromatic carbocycles. The molecule has 0 bridgehead atoms. The number of aromatic amines is 1. The number of carbonyl (C=O) groups is 11. The van der Waals surface area contributed by atoms with E-state index in [2.05, 4.69) is 64.7 Å². The van der Waals surface area contributed by atoms with E-state index >= 15 is 0 Å². The number of aromatic hydroxyl groups is 1. The molecule has 1 aliphatic heterocycles. The van der Waals surface area contributed by atoms with E-state index in [0.29, 0.717) is 18.4 Å². The highest BCUT2D eigenvalue weighted by Gasteiger charge is 2.39. The number of rotatable bonds is 24. The van der Waals surface area contributed by atoms with Crippen LogP contribution in [0.25, 0.3) is 0 Å². The zero-order chi connectivity index (χ0) is 62.5. The Labute approximate surface area is 487 Å². The first-order chi connectivity index (χ1) is 39.9. The fourth-order valence-electron chi connectivity index (χ4n) is 8.67. The molecule has 2 aromatic rings. The second-order valence-corrected chi connectivity index (χ2v) is 20.5. The van der Waals surface area contributed by atoms with Crippen molar-refractivity contribution < 1.29 is 77.9 Å². The SMILES string of the molecule is C/C=C1\NC(=O)CNC(=O)C(CCC(N)=O)NC(=O)[C@@H](Cc2ccc(O)cc2)NC(=O)C([C@@H](C)O)NC(=O)C(NC(=O)/C(=C\C)NC(=O)C[C@H](O)CCCCCCCCCCC)[C@@H](C)OC(=O)[C@H](Cc2cnc[nH]2)NC(=O)C([C@H](C)O)NC1=O.